The second-order valence-corrected chi connectivity index (χ2v) is 9.16. The molecule has 2 aliphatic rings. The molecule has 3 heterocycles. The van der Waals surface area contributed by atoms with Gasteiger partial charge in [0.2, 0.25) is 5.91 Å². The third-order valence-electron chi connectivity index (χ3n) is 6.61. The van der Waals surface area contributed by atoms with Crippen LogP contribution in [0.1, 0.15) is 41.1 Å². The van der Waals surface area contributed by atoms with Crippen molar-refractivity contribution in [1.29, 1.82) is 5.26 Å². The first kappa shape index (κ1) is 22.7. The lowest BCUT2D eigenvalue weighted by atomic mass is 9.83. The molecule has 3 aromatic rings. The van der Waals surface area contributed by atoms with Crippen LogP contribution in [0.5, 0.6) is 0 Å². The summed E-state index contributed by atoms with van der Waals surface area (Å²) in [5, 5.41) is 16.6. The van der Waals surface area contributed by atoms with Gasteiger partial charge in [-0.25, -0.2) is 14.4 Å². The molecule has 2 amide bonds. The summed E-state index contributed by atoms with van der Waals surface area (Å²) in [5.41, 5.74) is 1.12. The van der Waals surface area contributed by atoms with E-state index in [1.807, 2.05) is 0 Å². The number of nitriles is 1. The number of carbonyl (C=O) groups excluding carboxylic acids is 2. The number of aryl methyl sites for hydroxylation is 2. The number of hydrogen-bond donors (Lipinski definition) is 1. The summed E-state index contributed by atoms with van der Waals surface area (Å²) in [6, 6.07) is 8.28. The van der Waals surface area contributed by atoms with Gasteiger partial charge in [-0.15, -0.1) is 0 Å². The third kappa shape index (κ3) is 4.25. The van der Waals surface area contributed by atoms with Gasteiger partial charge >= 0.3 is 0 Å². The zero-order valence-corrected chi connectivity index (χ0v) is 19.5. The van der Waals surface area contributed by atoms with Gasteiger partial charge in [0.1, 0.15) is 28.6 Å². The lowest BCUT2D eigenvalue weighted by molar-refractivity contribution is -0.123. The number of anilines is 1. The molecule has 10 heteroatoms. The second kappa shape index (κ2) is 8.58. The maximum absolute atomic E-state index is 14.2. The van der Waals surface area contributed by atoms with E-state index >= 15 is 0 Å². The van der Waals surface area contributed by atoms with Crippen molar-refractivity contribution in [1.82, 2.24) is 25.1 Å². The highest BCUT2D eigenvalue weighted by Crippen LogP contribution is 2.51. The Hall–Kier alpha value is -4.13. The lowest BCUT2D eigenvalue weighted by Crippen LogP contribution is -2.36. The highest BCUT2D eigenvalue weighted by atomic mass is 19.1. The summed E-state index contributed by atoms with van der Waals surface area (Å²) in [6.45, 7) is 2.11. The largest absolute Gasteiger partial charge is 0.347 e. The molecule has 5 rings (SSSR count). The first-order valence-corrected chi connectivity index (χ1v) is 11.4. The van der Waals surface area contributed by atoms with E-state index in [2.05, 4.69) is 26.5 Å². The molecule has 9 nitrogen and oxygen atoms in total. The van der Waals surface area contributed by atoms with E-state index in [4.69, 9.17) is 0 Å². The van der Waals surface area contributed by atoms with Crippen molar-refractivity contribution in [3.63, 3.8) is 0 Å². The highest BCUT2D eigenvalue weighted by Gasteiger charge is 2.57. The van der Waals surface area contributed by atoms with E-state index in [1.165, 1.54) is 23.1 Å². The molecule has 35 heavy (non-hydrogen) atoms. The predicted octanol–water partition coefficient (Wildman–Crippen LogP) is 2.91. The number of rotatable bonds is 6. The molecule has 1 N–H and O–H groups in total. The fourth-order valence-electron chi connectivity index (χ4n) is 4.67. The predicted molar refractivity (Wildman–Crippen MR) is 124 cm³/mol. The molecular formula is C25H24FN7O2. The van der Waals surface area contributed by atoms with Crippen LogP contribution in [0.3, 0.4) is 0 Å². The monoisotopic (exact) mass is 473 g/mol. The quantitative estimate of drug-likeness (QED) is 0.588. The average molecular weight is 474 g/mol. The summed E-state index contributed by atoms with van der Waals surface area (Å²) in [6.07, 6.45) is 5.65. The minimum absolute atomic E-state index is 0.0874. The number of benzene rings is 1. The Morgan fingerprint density at radius 2 is 2.06 bits per heavy atom. The zero-order chi connectivity index (χ0) is 24.7. The maximum Gasteiger partial charge on any atom is 0.270 e. The molecule has 0 radical (unpaired) electrons. The van der Waals surface area contributed by atoms with Crippen LogP contribution in [-0.2, 0) is 18.4 Å². The molecular weight excluding hydrogens is 449 g/mol. The van der Waals surface area contributed by atoms with Crippen LogP contribution in [0.4, 0.5) is 10.2 Å². The first-order valence-electron chi connectivity index (χ1n) is 11.4. The van der Waals surface area contributed by atoms with Gasteiger partial charge in [-0.05, 0) is 61.4 Å². The number of amides is 2. The van der Waals surface area contributed by atoms with Crippen LogP contribution < -0.4 is 10.2 Å². The molecule has 1 saturated carbocycles. The molecule has 1 aliphatic heterocycles. The molecule has 0 spiro atoms. The van der Waals surface area contributed by atoms with Gasteiger partial charge < -0.3 is 5.32 Å². The minimum atomic E-state index is -0.995. The SMILES string of the molecule is Cc1nc(C(=O)NCc2cc(F)cc(-c3cnn(C)c3)c2)cc(N2CC[C@@](C#N)(C3CC3)C2=O)n1. The van der Waals surface area contributed by atoms with Gasteiger partial charge in [0.15, 0.2) is 0 Å². The smallest absolute Gasteiger partial charge is 0.270 e. The summed E-state index contributed by atoms with van der Waals surface area (Å²) in [4.78, 5) is 36.1. The number of nitrogens with one attached hydrogen (secondary N) is 1. The van der Waals surface area contributed by atoms with Crippen LogP contribution in [-0.4, -0.2) is 38.1 Å². The molecule has 1 aromatic carbocycles. The zero-order valence-electron chi connectivity index (χ0n) is 19.5. The van der Waals surface area contributed by atoms with Gasteiger partial charge in [-0.1, -0.05) is 0 Å². The Labute approximate surface area is 201 Å². The summed E-state index contributed by atoms with van der Waals surface area (Å²) in [7, 11) is 1.78. The van der Waals surface area contributed by atoms with Gasteiger partial charge in [0, 0.05) is 38.0 Å². The highest BCUT2D eigenvalue weighted by molar-refractivity contribution is 6.02. The van der Waals surface area contributed by atoms with Crippen molar-refractivity contribution < 1.29 is 14.0 Å². The van der Waals surface area contributed by atoms with Gasteiger partial charge in [-0.3, -0.25) is 19.2 Å². The number of aromatic nitrogens is 4. The Morgan fingerprint density at radius 3 is 2.74 bits per heavy atom. The number of carbonyl (C=O) groups is 2. The fourth-order valence-corrected chi connectivity index (χ4v) is 4.67. The summed E-state index contributed by atoms with van der Waals surface area (Å²) < 4.78 is 15.8. The van der Waals surface area contributed by atoms with Gasteiger partial charge in [-0.2, -0.15) is 10.4 Å². The molecule has 1 aliphatic carbocycles. The average Bonchev–Trinajstić information content (AvgIpc) is 3.50. The molecule has 0 bridgehead atoms. The van der Waals surface area contributed by atoms with E-state index in [0.717, 1.165) is 18.4 Å². The van der Waals surface area contributed by atoms with Crippen molar-refractivity contribution in [2.24, 2.45) is 18.4 Å². The van der Waals surface area contributed by atoms with Crippen molar-refractivity contribution in [3.8, 4) is 17.2 Å². The maximum atomic E-state index is 14.2. The molecule has 1 saturated heterocycles. The number of hydrogen-bond acceptors (Lipinski definition) is 6. The fraction of sp³-hybridized carbons (Fsp3) is 0.360. The van der Waals surface area contributed by atoms with Crippen LogP contribution >= 0.6 is 0 Å². The van der Waals surface area contributed by atoms with E-state index < -0.39 is 17.1 Å². The minimum Gasteiger partial charge on any atom is -0.347 e. The normalized spacial score (nSPS) is 19.6. The first-order chi connectivity index (χ1) is 16.8. The Morgan fingerprint density at radius 1 is 1.26 bits per heavy atom. The molecule has 2 fully saturated rings. The van der Waals surface area contributed by atoms with Crippen LogP contribution in [0.15, 0.2) is 36.7 Å². The molecule has 178 valence electrons. The molecule has 1 atom stereocenters. The van der Waals surface area contributed by atoms with E-state index in [0.29, 0.717) is 35.7 Å². The number of nitrogens with zero attached hydrogens (tertiary/aromatic N) is 6. The van der Waals surface area contributed by atoms with Crippen molar-refractivity contribution >= 4 is 17.6 Å². The number of halogens is 1. The van der Waals surface area contributed by atoms with Crippen molar-refractivity contribution in [3.05, 3.63) is 59.6 Å². The lowest BCUT2D eigenvalue weighted by Gasteiger charge is -2.20. The Bertz CT molecular complexity index is 1370. The van der Waals surface area contributed by atoms with Gasteiger partial charge in [0.25, 0.3) is 5.91 Å². The summed E-state index contributed by atoms with van der Waals surface area (Å²) in [5.74, 6) is -0.390. The second-order valence-electron chi connectivity index (χ2n) is 9.16. The van der Waals surface area contributed by atoms with Crippen LogP contribution in [0.25, 0.3) is 11.1 Å². The molecule has 0 unspecified atom stereocenters. The topological polar surface area (TPSA) is 117 Å². The standard InChI is InChI=1S/C25H24FN7O2/c1-15-30-21(10-22(31-15)33-6-5-25(14-27,24(33)35)19-3-4-19)23(34)28-11-16-7-17(9-20(26)8-16)18-12-29-32(2)13-18/h7-10,12-13,19H,3-6,11H2,1-2H3,(H,28,34)/t25-/m1/s1. The van der Waals surface area contributed by atoms with Crippen LogP contribution in [0, 0.1) is 35.4 Å². The Balaban J connectivity index is 1.33. The Kier molecular flexibility index (Phi) is 5.55. The van der Waals surface area contributed by atoms with Crippen molar-refractivity contribution in [2.45, 2.75) is 32.7 Å². The third-order valence-corrected chi connectivity index (χ3v) is 6.61. The van der Waals surface area contributed by atoms with E-state index in [9.17, 15) is 19.2 Å². The van der Waals surface area contributed by atoms with Crippen molar-refractivity contribution in [2.75, 3.05) is 11.4 Å². The van der Waals surface area contributed by atoms with Gasteiger partial charge in [0.05, 0.1) is 12.3 Å². The van der Waals surface area contributed by atoms with Crippen LogP contribution in [0.2, 0.25) is 0 Å². The summed E-state index contributed by atoms with van der Waals surface area (Å²) >= 11 is 0. The van der Waals surface area contributed by atoms with E-state index in [-0.39, 0.29) is 24.1 Å². The molecule has 2 aromatic heterocycles. The van der Waals surface area contributed by atoms with E-state index in [1.54, 1.807) is 37.1 Å².